The van der Waals surface area contributed by atoms with Gasteiger partial charge in [0.15, 0.2) is 11.6 Å². The van der Waals surface area contributed by atoms with Crippen molar-refractivity contribution in [3.63, 3.8) is 0 Å². The number of hydrogen-bond acceptors (Lipinski definition) is 4. The number of hydrogen-bond donors (Lipinski definition) is 2. The summed E-state index contributed by atoms with van der Waals surface area (Å²) in [7, 11) is 0. The highest BCUT2D eigenvalue weighted by Gasteiger charge is 2.23. The van der Waals surface area contributed by atoms with Gasteiger partial charge >= 0.3 is 0 Å². The molecule has 1 aliphatic rings. The van der Waals surface area contributed by atoms with E-state index in [2.05, 4.69) is 42.5 Å². The van der Waals surface area contributed by atoms with Gasteiger partial charge in [0.05, 0.1) is 9.26 Å². The van der Waals surface area contributed by atoms with Crippen molar-refractivity contribution < 1.29 is 0 Å². The predicted molar refractivity (Wildman–Crippen MR) is 78.0 cm³/mol. The quantitative estimate of drug-likeness (QED) is 0.812. The van der Waals surface area contributed by atoms with Crippen molar-refractivity contribution in [2.45, 2.75) is 31.6 Å². The molecular formula is C12H14IN5. The number of nitrogen functional groups attached to an aromatic ring is 1. The maximum absolute atomic E-state index is 5.99. The maximum Gasteiger partial charge on any atom is 0.197 e. The van der Waals surface area contributed by atoms with E-state index in [1.54, 1.807) is 12.4 Å². The van der Waals surface area contributed by atoms with Gasteiger partial charge in [-0.05, 0) is 35.4 Å². The number of anilines is 1. The first-order valence-corrected chi connectivity index (χ1v) is 7.16. The monoisotopic (exact) mass is 355 g/mol. The lowest BCUT2D eigenvalue weighted by Gasteiger charge is -2.13. The van der Waals surface area contributed by atoms with Crippen LogP contribution in [0.25, 0.3) is 11.6 Å². The second kappa shape index (κ2) is 4.83. The van der Waals surface area contributed by atoms with E-state index in [4.69, 9.17) is 5.73 Å². The summed E-state index contributed by atoms with van der Waals surface area (Å²) in [5.74, 6) is 2.35. The van der Waals surface area contributed by atoms with Gasteiger partial charge in [0.25, 0.3) is 0 Å². The molecule has 5 nitrogen and oxygen atoms in total. The van der Waals surface area contributed by atoms with Crippen LogP contribution in [0.4, 0.5) is 5.82 Å². The Balaban J connectivity index is 2.07. The minimum absolute atomic E-state index is 0.524. The normalized spacial score (nSPS) is 16.3. The molecular weight excluding hydrogens is 341 g/mol. The topological polar surface area (TPSA) is 80.5 Å². The minimum atomic E-state index is 0.524. The average Bonchev–Trinajstić information content (AvgIpc) is 3.03. The molecule has 0 aromatic carbocycles. The van der Waals surface area contributed by atoms with Crippen LogP contribution in [0, 0.1) is 3.57 Å². The van der Waals surface area contributed by atoms with Crippen LogP contribution in [-0.4, -0.2) is 19.9 Å². The van der Waals surface area contributed by atoms with E-state index in [0.29, 0.717) is 23.4 Å². The first-order valence-electron chi connectivity index (χ1n) is 6.08. The molecule has 3 N–H and O–H groups in total. The molecule has 3 rings (SSSR count). The van der Waals surface area contributed by atoms with E-state index < -0.39 is 0 Å². The third-order valence-corrected chi connectivity index (χ3v) is 4.46. The molecule has 0 spiro atoms. The van der Waals surface area contributed by atoms with Gasteiger partial charge in [0, 0.05) is 18.3 Å². The molecule has 1 aliphatic carbocycles. The summed E-state index contributed by atoms with van der Waals surface area (Å²) < 4.78 is 0.995. The Morgan fingerprint density at radius 3 is 2.72 bits per heavy atom. The van der Waals surface area contributed by atoms with Crippen LogP contribution in [0.5, 0.6) is 0 Å². The molecule has 2 heterocycles. The third kappa shape index (κ3) is 2.09. The number of rotatable bonds is 2. The Bertz CT molecular complexity index is 546. The molecule has 2 aromatic heterocycles. The van der Waals surface area contributed by atoms with E-state index in [1.807, 2.05) is 0 Å². The molecule has 2 aromatic rings. The highest BCUT2D eigenvalue weighted by atomic mass is 127. The number of nitrogens with one attached hydrogen (secondary N) is 1. The summed E-state index contributed by atoms with van der Waals surface area (Å²) in [5, 5.41) is 0. The molecule has 0 radical (unpaired) electrons. The fourth-order valence-electron chi connectivity index (χ4n) is 2.45. The van der Waals surface area contributed by atoms with Crippen molar-refractivity contribution in [1.82, 2.24) is 19.9 Å². The van der Waals surface area contributed by atoms with Gasteiger partial charge in [-0.3, -0.25) is 0 Å². The SMILES string of the molecule is Nc1nc(-c2ncc[nH]2)nc(C2CCCC2)c1I. The van der Waals surface area contributed by atoms with Crippen molar-refractivity contribution in [3.8, 4) is 11.6 Å². The van der Waals surface area contributed by atoms with Gasteiger partial charge in [0.2, 0.25) is 0 Å². The largest absolute Gasteiger partial charge is 0.383 e. The first kappa shape index (κ1) is 11.9. The fraction of sp³-hybridized carbons (Fsp3) is 0.417. The summed E-state index contributed by atoms with van der Waals surface area (Å²) in [4.78, 5) is 16.2. The van der Waals surface area contributed by atoms with Crippen LogP contribution < -0.4 is 5.73 Å². The summed E-state index contributed by atoms with van der Waals surface area (Å²) in [6.07, 6.45) is 8.42. The second-order valence-electron chi connectivity index (χ2n) is 4.55. The highest BCUT2D eigenvalue weighted by molar-refractivity contribution is 14.1. The van der Waals surface area contributed by atoms with Crippen LogP contribution >= 0.6 is 22.6 Å². The predicted octanol–water partition coefficient (Wildman–Crippen LogP) is 2.71. The Labute approximate surface area is 119 Å². The number of H-pyrrole nitrogens is 1. The lowest BCUT2D eigenvalue weighted by molar-refractivity contribution is 0.690. The highest BCUT2D eigenvalue weighted by Crippen LogP contribution is 2.36. The van der Waals surface area contributed by atoms with Gasteiger partial charge < -0.3 is 10.7 Å². The summed E-state index contributed by atoms with van der Waals surface area (Å²) in [6.45, 7) is 0. The molecule has 0 aliphatic heterocycles. The molecule has 0 amide bonds. The third-order valence-electron chi connectivity index (χ3n) is 3.35. The first-order chi connectivity index (χ1) is 8.75. The molecule has 1 saturated carbocycles. The van der Waals surface area contributed by atoms with Gasteiger partial charge in [-0.1, -0.05) is 12.8 Å². The van der Waals surface area contributed by atoms with Crippen LogP contribution in [-0.2, 0) is 0 Å². The smallest absolute Gasteiger partial charge is 0.197 e. The van der Waals surface area contributed by atoms with Crippen molar-refractivity contribution in [3.05, 3.63) is 21.7 Å². The Morgan fingerprint density at radius 2 is 2.06 bits per heavy atom. The van der Waals surface area contributed by atoms with Crippen LogP contribution in [0.2, 0.25) is 0 Å². The van der Waals surface area contributed by atoms with Gasteiger partial charge in [-0.15, -0.1) is 0 Å². The van der Waals surface area contributed by atoms with Gasteiger partial charge in [-0.2, -0.15) is 0 Å². The molecule has 0 bridgehead atoms. The summed E-state index contributed by atoms with van der Waals surface area (Å²) in [6, 6.07) is 0. The number of nitrogens with zero attached hydrogens (tertiary/aromatic N) is 3. The van der Waals surface area contributed by atoms with Crippen LogP contribution in [0.1, 0.15) is 37.3 Å². The van der Waals surface area contributed by atoms with E-state index in [1.165, 1.54) is 25.7 Å². The molecule has 0 atom stereocenters. The zero-order valence-corrected chi connectivity index (χ0v) is 12.0. The van der Waals surface area contributed by atoms with Crippen LogP contribution in [0.3, 0.4) is 0 Å². The lowest BCUT2D eigenvalue weighted by Crippen LogP contribution is -2.08. The average molecular weight is 355 g/mol. The number of aromatic amines is 1. The summed E-state index contributed by atoms with van der Waals surface area (Å²) >= 11 is 2.25. The Morgan fingerprint density at radius 1 is 1.28 bits per heavy atom. The Hall–Kier alpha value is -1.18. The summed E-state index contributed by atoms with van der Waals surface area (Å²) in [5.41, 5.74) is 7.08. The van der Waals surface area contributed by atoms with Crippen molar-refractivity contribution in [2.24, 2.45) is 0 Å². The molecule has 18 heavy (non-hydrogen) atoms. The van der Waals surface area contributed by atoms with Gasteiger partial charge in [-0.25, -0.2) is 15.0 Å². The second-order valence-corrected chi connectivity index (χ2v) is 5.63. The zero-order valence-electron chi connectivity index (χ0n) is 9.86. The number of imidazole rings is 1. The van der Waals surface area contributed by atoms with Crippen molar-refractivity contribution in [1.29, 1.82) is 0 Å². The van der Waals surface area contributed by atoms with E-state index >= 15 is 0 Å². The van der Waals surface area contributed by atoms with Crippen LogP contribution in [0.15, 0.2) is 12.4 Å². The standard InChI is InChI=1S/C12H14IN5/c13-8-9(7-3-1-2-4-7)17-12(18-10(8)14)11-15-5-6-16-11/h5-7H,1-4H2,(H,15,16)(H2,14,17,18). The van der Waals surface area contributed by atoms with E-state index in [0.717, 1.165) is 9.26 Å². The maximum atomic E-state index is 5.99. The molecule has 0 saturated heterocycles. The van der Waals surface area contributed by atoms with Crippen molar-refractivity contribution >= 4 is 28.4 Å². The van der Waals surface area contributed by atoms with E-state index in [-0.39, 0.29) is 0 Å². The number of aromatic nitrogens is 4. The van der Waals surface area contributed by atoms with E-state index in [9.17, 15) is 0 Å². The number of nitrogens with two attached hydrogens (primary N) is 1. The minimum Gasteiger partial charge on any atom is -0.383 e. The molecule has 6 heteroatoms. The number of halogens is 1. The molecule has 1 fully saturated rings. The molecule has 94 valence electrons. The molecule has 0 unspecified atom stereocenters. The Kier molecular flexibility index (Phi) is 3.19. The lowest BCUT2D eigenvalue weighted by atomic mass is 10.0. The zero-order chi connectivity index (χ0) is 12.5. The fourth-order valence-corrected chi connectivity index (χ4v) is 3.13. The van der Waals surface area contributed by atoms with Gasteiger partial charge in [0.1, 0.15) is 5.82 Å². The van der Waals surface area contributed by atoms with Crippen molar-refractivity contribution in [2.75, 3.05) is 5.73 Å².